The fourth-order valence-electron chi connectivity index (χ4n) is 4.65. The molecule has 1 atom stereocenters. The molecule has 3 N–H and O–H groups in total. The standard InChI is InChI=1S/C27H33ClN8O3/c1-27(2,3)39-26(38)36-10-8-35(9-11-36)25(37)33-22-7-6-19-13-18(22)5-4-17-12-20(15-29-14-17)32-24-30-16-21(28)23(31-19)34-24/h6-7,13-17H,4-5,8-12H2,1-3H3,(H,33,37)(H2,30,31,32,34). The summed E-state index contributed by atoms with van der Waals surface area (Å²) in [6.07, 6.45) is 7.31. The summed E-state index contributed by atoms with van der Waals surface area (Å²) in [7, 11) is 0. The van der Waals surface area contributed by atoms with Crippen molar-refractivity contribution in [2.45, 2.75) is 45.6 Å². The largest absolute Gasteiger partial charge is 0.444 e. The topological polar surface area (TPSA) is 124 Å². The Labute approximate surface area is 232 Å². The maximum atomic E-state index is 13.2. The van der Waals surface area contributed by atoms with Gasteiger partial charge in [-0.1, -0.05) is 11.6 Å². The number of rotatable bonds is 1. The zero-order valence-corrected chi connectivity index (χ0v) is 23.1. The van der Waals surface area contributed by atoms with Gasteiger partial charge in [-0.25, -0.2) is 14.6 Å². The summed E-state index contributed by atoms with van der Waals surface area (Å²) in [5.74, 6) is 1.15. The van der Waals surface area contributed by atoms with Crippen LogP contribution in [-0.2, 0) is 11.2 Å². The molecule has 1 aromatic carbocycles. The Morgan fingerprint density at radius 3 is 2.67 bits per heavy atom. The quantitative estimate of drug-likeness (QED) is 0.441. The van der Waals surface area contributed by atoms with Crippen molar-refractivity contribution in [2.75, 3.05) is 42.1 Å². The molecule has 11 nitrogen and oxygen atoms in total. The van der Waals surface area contributed by atoms with Crippen LogP contribution in [0.15, 0.2) is 41.3 Å². The molecular formula is C27H33ClN8O3. The van der Waals surface area contributed by atoms with Crippen LogP contribution >= 0.6 is 11.6 Å². The van der Waals surface area contributed by atoms with Gasteiger partial charge in [0.2, 0.25) is 5.95 Å². The summed E-state index contributed by atoms with van der Waals surface area (Å²) >= 11 is 6.37. The lowest BCUT2D eigenvalue weighted by atomic mass is 9.94. The van der Waals surface area contributed by atoms with E-state index in [4.69, 9.17) is 16.3 Å². The first kappa shape index (κ1) is 26.7. The molecule has 3 aliphatic heterocycles. The van der Waals surface area contributed by atoms with E-state index in [9.17, 15) is 9.59 Å². The number of hydrogen-bond donors (Lipinski definition) is 3. The number of aromatic nitrogens is 2. The Kier molecular flexibility index (Phi) is 7.60. The third-order valence-electron chi connectivity index (χ3n) is 6.64. The Morgan fingerprint density at radius 2 is 1.90 bits per heavy atom. The number of carbonyl (C=O) groups is 2. The molecule has 4 heterocycles. The number of allylic oxidation sites excluding steroid dienone is 1. The molecule has 1 unspecified atom stereocenters. The lowest BCUT2D eigenvalue weighted by Crippen LogP contribution is -2.52. The van der Waals surface area contributed by atoms with E-state index in [0.717, 1.165) is 41.9 Å². The van der Waals surface area contributed by atoms with Gasteiger partial charge < -0.3 is 30.5 Å². The number of amides is 3. The fraction of sp³-hybridized carbons (Fsp3) is 0.444. The monoisotopic (exact) mass is 552 g/mol. The zero-order valence-electron chi connectivity index (χ0n) is 22.3. The van der Waals surface area contributed by atoms with Gasteiger partial charge in [-0.3, -0.25) is 4.99 Å². The minimum Gasteiger partial charge on any atom is -0.444 e. The molecule has 6 bridgehead atoms. The number of halogens is 1. The summed E-state index contributed by atoms with van der Waals surface area (Å²) in [5.41, 5.74) is 2.91. The van der Waals surface area contributed by atoms with Crippen LogP contribution in [0.5, 0.6) is 0 Å². The minimum atomic E-state index is -0.556. The van der Waals surface area contributed by atoms with Crippen LogP contribution in [-0.4, -0.2) is 69.9 Å². The molecule has 0 radical (unpaired) electrons. The Balaban J connectivity index is 1.31. The molecular weight excluding hydrogens is 520 g/mol. The van der Waals surface area contributed by atoms with Gasteiger partial charge >= 0.3 is 12.1 Å². The maximum absolute atomic E-state index is 13.2. The van der Waals surface area contributed by atoms with E-state index in [1.54, 1.807) is 22.2 Å². The van der Waals surface area contributed by atoms with Crippen LogP contribution in [0.4, 0.5) is 32.7 Å². The van der Waals surface area contributed by atoms with E-state index < -0.39 is 5.60 Å². The number of ether oxygens (including phenoxy) is 1. The van der Waals surface area contributed by atoms with Gasteiger partial charge in [0, 0.05) is 61.6 Å². The Morgan fingerprint density at radius 1 is 1.13 bits per heavy atom. The number of aryl methyl sites for hydroxylation is 1. The number of hydrogen-bond acceptors (Lipinski definition) is 8. The molecule has 1 aromatic heterocycles. The SMILES string of the molecule is CC(C)(C)OC(=O)N1CCN(C(=O)Nc2ccc3cc2CCC2C=NC=C(C2)Nc2ncc(Cl)c(n2)N3)CC1. The normalized spacial score (nSPS) is 18.9. The van der Waals surface area contributed by atoms with Gasteiger partial charge in [0.15, 0.2) is 5.82 Å². The number of nitrogens with one attached hydrogen (secondary N) is 3. The fourth-order valence-corrected chi connectivity index (χ4v) is 4.79. The number of aliphatic imine (C=N–C) groups is 1. The smallest absolute Gasteiger partial charge is 0.410 e. The van der Waals surface area contributed by atoms with Crippen molar-refractivity contribution in [3.8, 4) is 0 Å². The number of fused-ring (bicyclic) bond motifs is 6. The molecule has 206 valence electrons. The van der Waals surface area contributed by atoms with Gasteiger partial charge in [0.25, 0.3) is 0 Å². The molecule has 0 saturated carbocycles. The second-order valence-corrected chi connectivity index (χ2v) is 11.3. The minimum absolute atomic E-state index is 0.198. The zero-order chi connectivity index (χ0) is 27.6. The molecule has 2 aromatic rings. The Bertz CT molecular complexity index is 1310. The van der Waals surface area contributed by atoms with E-state index in [1.165, 1.54) is 0 Å². The van der Waals surface area contributed by atoms with Crippen molar-refractivity contribution < 1.29 is 14.3 Å². The van der Waals surface area contributed by atoms with Crippen LogP contribution in [0.25, 0.3) is 0 Å². The number of anilines is 4. The van der Waals surface area contributed by atoms with Crippen LogP contribution in [0, 0.1) is 5.92 Å². The predicted molar refractivity (Wildman–Crippen MR) is 152 cm³/mol. The highest BCUT2D eigenvalue weighted by atomic mass is 35.5. The first-order valence-corrected chi connectivity index (χ1v) is 13.5. The molecule has 1 fully saturated rings. The third-order valence-corrected chi connectivity index (χ3v) is 6.92. The lowest BCUT2D eigenvalue weighted by Gasteiger charge is -2.35. The number of piperazine rings is 1. The third kappa shape index (κ3) is 6.78. The van der Waals surface area contributed by atoms with Gasteiger partial charge in [-0.2, -0.15) is 4.98 Å². The Hall–Kier alpha value is -3.86. The molecule has 0 aliphatic carbocycles. The summed E-state index contributed by atoms with van der Waals surface area (Å²) in [4.78, 5) is 42.2. The van der Waals surface area contributed by atoms with E-state index >= 15 is 0 Å². The van der Waals surface area contributed by atoms with Gasteiger partial charge in [-0.05, 0) is 63.8 Å². The van der Waals surface area contributed by atoms with Crippen molar-refractivity contribution in [2.24, 2.45) is 10.9 Å². The summed E-state index contributed by atoms with van der Waals surface area (Å²) < 4.78 is 5.46. The predicted octanol–water partition coefficient (Wildman–Crippen LogP) is 5.25. The highest BCUT2D eigenvalue weighted by Crippen LogP contribution is 2.31. The summed E-state index contributed by atoms with van der Waals surface area (Å²) in [6, 6.07) is 5.58. The molecule has 3 amide bonds. The van der Waals surface area contributed by atoms with Crippen molar-refractivity contribution in [1.82, 2.24) is 19.8 Å². The van der Waals surface area contributed by atoms with E-state index in [1.807, 2.05) is 45.2 Å². The second-order valence-electron chi connectivity index (χ2n) is 10.9. The molecule has 39 heavy (non-hydrogen) atoms. The van der Waals surface area contributed by atoms with Crippen LogP contribution in [0.1, 0.15) is 39.2 Å². The van der Waals surface area contributed by atoms with E-state index in [2.05, 4.69) is 30.9 Å². The first-order valence-electron chi connectivity index (χ1n) is 13.1. The number of benzene rings is 1. The van der Waals surface area contributed by atoms with Crippen molar-refractivity contribution in [3.63, 3.8) is 0 Å². The average molecular weight is 553 g/mol. The van der Waals surface area contributed by atoms with E-state index in [0.29, 0.717) is 43.0 Å². The maximum Gasteiger partial charge on any atom is 0.410 e. The van der Waals surface area contributed by atoms with Crippen molar-refractivity contribution in [1.29, 1.82) is 0 Å². The van der Waals surface area contributed by atoms with Gasteiger partial charge in [-0.15, -0.1) is 0 Å². The highest BCUT2D eigenvalue weighted by molar-refractivity contribution is 6.32. The summed E-state index contributed by atoms with van der Waals surface area (Å²) in [5, 5.41) is 10.0. The second kappa shape index (κ2) is 11.1. The average Bonchev–Trinajstić information content (AvgIpc) is 2.90. The molecule has 12 heteroatoms. The summed E-state index contributed by atoms with van der Waals surface area (Å²) in [6.45, 7) is 7.22. The molecule has 3 aliphatic rings. The van der Waals surface area contributed by atoms with Gasteiger partial charge in [0.1, 0.15) is 10.6 Å². The van der Waals surface area contributed by atoms with E-state index in [-0.39, 0.29) is 18.0 Å². The number of urea groups is 1. The molecule has 0 spiro atoms. The van der Waals surface area contributed by atoms with Crippen molar-refractivity contribution >= 4 is 53.1 Å². The van der Waals surface area contributed by atoms with Gasteiger partial charge in [0.05, 0.1) is 6.20 Å². The molecule has 5 rings (SSSR count). The number of nitrogens with zero attached hydrogens (tertiary/aromatic N) is 5. The van der Waals surface area contributed by atoms with Crippen LogP contribution < -0.4 is 16.0 Å². The van der Waals surface area contributed by atoms with Crippen LogP contribution in [0.3, 0.4) is 0 Å². The first-order chi connectivity index (χ1) is 18.6. The molecule has 1 saturated heterocycles. The highest BCUT2D eigenvalue weighted by Gasteiger charge is 2.28. The van der Waals surface area contributed by atoms with Crippen LogP contribution in [0.2, 0.25) is 5.02 Å². The number of carbonyl (C=O) groups excluding carboxylic acids is 2. The lowest BCUT2D eigenvalue weighted by molar-refractivity contribution is 0.0174. The van der Waals surface area contributed by atoms with Crippen molar-refractivity contribution in [3.05, 3.63) is 46.9 Å².